The van der Waals surface area contributed by atoms with E-state index in [0.717, 1.165) is 16.5 Å². The normalized spacial score (nSPS) is 11.0. The van der Waals surface area contributed by atoms with Crippen LogP contribution in [0, 0.1) is 5.95 Å². The van der Waals surface area contributed by atoms with Gasteiger partial charge in [-0.2, -0.15) is 4.39 Å². The van der Waals surface area contributed by atoms with Crippen molar-refractivity contribution < 1.29 is 9.18 Å². The van der Waals surface area contributed by atoms with Gasteiger partial charge in [0.15, 0.2) is 0 Å². The lowest BCUT2D eigenvalue weighted by atomic mass is 10.1. The number of amides is 1. The van der Waals surface area contributed by atoms with E-state index in [-0.39, 0.29) is 23.2 Å². The van der Waals surface area contributed by atoms with Crippen molar-refractivity contribution in [2.45, 2.75) is 6.42 Å². The maximum atomic E-state index is 13.5. The molecule has 1 amide bonds. The minimum Gasteiger partial charge on any atom is -0.350 e. The number of aromatic nitrogens is 2. The Morgan fingerprint density at radius 2 is 2.04 bits per heavy atom. The predicted octanol–water partition coefficient (Wildman–Crippen LogP) is 3.57. The monoisotopic (exact) mass is 331 g/mol. The summed E-state index contributed by atoms with van der Waals surface area (Å²) >= 11 is 5.62. The Labute approximate surface area is 138 Å². The van der Waals surface area contributed by atoms with Gasteiger partial charge in [0, 0.05) is 31.2 Å². The van der Waals surface area contributed by atoms with Gasteiger partial charge in [-0.25, -0.2) is 4.98 Å². The molecular weight excluding hydrogens is 317 g/mol. The number of likely N-dealkylation sites (N-methyl/N-ethyl adjacent to an activating group) is 1. The van der Waals surface area contributed by atoms with E-state index in [0.29, 0.717) is 0 Å². The lowest BCUT2D eigenvalue weighted by Crippen LogP contribution is -2.28. The number of para-hydroxylation sites is 1. The predicted molar refractivity (Wildman–Crippen MR) is 89.2 cm³/mol. The van der Waals surface area contributed by atoms with Crippen molar-refractivity contribution in [3.05, 3.63) is 59.1 Å². The van der Waals surface area contributed by atoms with Crippen LogP contribution in [0.4, 0.5) is 10.2 Å². The lowest BCUT2D eigenvalue weighted by molar-refractivity contribution is -0.117. The highest BCUT2D eigenvalue weighted by Crippen LogP contribution is 2.22. The van der Waals surface area contributed by atoms with Gasteiger partial charge in [-0.15, -0.1) is 0 Å². The van der Waals surface area contributed by atoms with Crippen LogP contribution >= 0.6 is 11.6 Å². The molecular formula is C17H15ClFN3O. The van der Waals surface area contributed by atoms with E-state index >= 15 is 0 Å². The number of hydrogen-bond acceptors (Lipinski definition) is 2. The number of benzene rings is 1. The van der Waals surface area contributed by atoms with Crippen molar-refractivity contribution in [1.29, 1.82) is 0 Å². The summed E-state index contributed by atoms with van der Waals surface area (Å²) in [6, 6.07) is 10.8. The van der Waals surface area contributed by atoms with Gasteiger partial charge in [0.05, 0.1) is 11.4 Å². The summed E-state index contributed by atoms with van der Waals surface area (Å²) in [6.45, 7) is 0. The van der Waals surface area contributed by atoms with Crippen molar-refractivity contribution in [3.8, 4) is 0 Å². The highest BCUT2D eigenvalue weighted by molar-refractivity contribution is 6.30. The first-order valence-corrected chi connectivity index (χ1v) is 7.46. The van der Waals surface area contributed by atoms with Crippen molar-refractivity contribution in [3.63, 3.8) is 0 Å². The van der Waals surface area contributed by atoms with E-state index in [4.69, 9.17) is 11.6 Å². The molecule has 0 aliphatic carbocycles. The average molecular weight is 332 g/mol. The summed E-state index contributed by atoms with van der Waals surface area (Å²) in [4.78, 5) is 17.5. The molecule has 0 radical (unpaired) electrons. The van der Waals surface area contributed by atoms with Gasteiger partial charge < -0.3 is 4.57 Å². The standard InChI is InChI=1S/C17H15ClFN3O/c1-21-10-11(12-5-3-4-6-14(12)21)9-16(23)22(2)15-8-7-13(18)17(19)20-15/h3-8,10H,9H2,1-2H3. The van der Waals surface area contributed by atoms with Crippen LogP contribution in [0.2, 0.25) is 5.02 Å². The van der Waals surface area contributed by atoms with Gasteiger partial charge in [-0.3, -0.25) is 9.69 Å². The molecule has 2 heterocycles. The second kappa shape index (κ2) is 6.01. The molecule has 0 bridgehead atoms. The molecule has 2 aromatic heterocycles. The molecule has 0 saturated heterocycles. The van der Waals surface area contributed by atoms with Crippen LogP contribution in [0.3, 0.4) is 0 Å². The molecule has 0 atom stereocenters. The molecule has 0 fully saturated rings. The number of pyridine rings is 1. The number of carbonyl (C=O) groups excluding carboxylic acids is 1. The second-order valence-electron chi connectivity index (χ2n) is 5.35. The van der Waals surface area contributed by atoms with Gasteiger partial charge in [-0.1, -0.05) is 29.8 Å². The Morgan fingerprint density at radius 1 is 1.30 bits per heavy atom. The fraction of sp³-hybridized carbons (Fsp3) is 0.176. The molecule has 23 heavy (non-hydrogen) atoms. The van der Waals surface area contributed by atoms with Crippen LogP contribution in [-0.4, -0.2) is 22.5 Å². The summed E-state index contributed by atoms with van der Waals surface area (Å²) in [5, 5.41) is 0.968. The summed E-state index contributed by atoms with van der Waals surface area (Å²) in [6.07, 6.45) is 2.15. The van der Waals surface area contributed by atoms with Crippen LogP contribution < -0.4 is 4.90 Å². The number of carbonyl (C=O) groups is 1. The fourth-order valence-electron chi connectivity index (χ4n) is 2.57. The Balaban J connectivity index is 1.86. The zero-order chi connectivity index (χ0) is 16.6. The summed E-state index contributed by atoms with van der Waals surface area (Å²) in [5.74, 6) is -0.721. The van der Waals surface area contributed by atoms with Crippen molar-refractivity contribution in [1.82, 2.24) is 9.55 Å². The van der Waals surface area contributed by atoms with Gasteiger partial charge in [0.1, 0.15) is 5.82 Å². The summed E-state index contributed by atoms with van der Waals surface area (Å²) < 4.78 is 15.4. The molecule has 0 spiro atoms. The third-order valence-electron chi connectivity index (χ3n) is 3.83. The van der Waals surface area contributed by atoms with Crippen LogP contribution in [0.25, 0.3) is 10.9 Å². The molecule has 3 aromatic rings. The molecule has 3 rings (SSSR count). The maximum Gasteiger partial charge on any atom is 0.233 e. The highest BCUT2D eigenvalue weighted by atomic mass is 35.5. The molecule has 0 saturated carbocycles. The molecule has 1 aromatic carbocycles. The molecule has 0 unspecified atom stereocenters. The van der Waals surface area contributed by atoms with Crippen LogP contribution in [-0.2, 0) is 18.3 Å². The van der Waals surface area contributed by atoms with Gasteiger partial charge >= 0.3 is 0 Å². The first-order chi connectivity index (χ1) is 11.0. The first kappa shape index (κ1) is 15.5. The molecule has 4 nitrogen and oxygen atoms in total. The highest BCUT2D eigenvalue weighted by Gasteiger charge is 2.17. The van der Waals surface area contributed by atoms with Crippen LogP contribution in [0.15, 0.2) is 42.6 Å². The molecule has 118 valence electrons. The maximum absolute atomic E-state index is 13.5. The van der Waals surface area contributed by atoms with Crippen molar-refractivity contribution >= 4 is 34.2 Å². The van der Waals surface area contributed by atoms with Gasteiger partial charge in [0.25, 0.3) is 0 Å². The molecule has 0 aliphatic rings. The number of aryl methyl sites for hydroxylation is 1. The SMILES string of the molecule is CN(C(=O)Cc1cn(C)c2ccccc12)c1ccc(Cl)c(F)n1. The molecule has 6 heteroatoms. The van der Waals surface area contributed by atoms with Crippen molar-refractivity contribution in [2.24, 2.45) is 7.05 Å². The second-order valence-corrected chi connectivity index (χ2v) is 5.76. The van der Waals surface area contributed by atoms with Gasteiger partial charge in [0.2, 0.25) is 11.9 Å². The zero-order valence-corrected chi connectivity index (χ0v) is 13.5. The van der Waals surface area contributed by atoms with E-state index in [1.165, 1.54) is 17.0 Å². The summed E-state index contributed by atoms with van der Waals surface area (Å²) in [7, 11) is 3.51. The largest absolute Gasteiger partial charge is 0.350 e. The zero-order valence-electron chi connectivity index (χ0n) is 12.8. The van der Waals surface area contributed by atoms with E-state index in [1.807, 2.05) is 42.1 Å². The number of fused-ring (bicyclic) bond motifs is 1. The number of nitrogens with zero attached hydrogens (tertiary/aromatic N) is 3. The lowest BCUT2D eigenvalue weighted by Gasteiger charge is -2.16. The minimum absolute atomic E-state index is 0.0661. The Hall–Kier alpha value is -2.40. The number of rotatable bonds is 3. The van der Waals surface area contributed by atoms with E-state index in [2.05, 4.69) is 4.98 Å². The van der Waals surface area contributed by atoms with Crippen LogP contribution in [0.1, 0.15) is 5.56 Å². The Morgan fingerprint density at radius 3 is 2.78 bits per heavy atom. The third kappa shape index (κ3) is 2.92. The first-order valence-electron chi connectivity index (χ1n) is 7.09. The van der Waals surface area contributed by atoms with Gasteiger partial charge in [-0.05, 0) is 23.8 Å². The van der Waals surface area contributed by atoms with E-state index < -0.39 is 5.95 Å². The quantitative estimate of drug-likeness (QED) is 0.688. The average Bonchev–Trinajstić information content (AvgIpc) is 2.86. The number of anilines is 1. The smallest absolute Gasteiger partial charge is 0.233 e. The Bertz CT molecular complexity index is 891. The fourth-order valence-corrected chi connectivity index (χ4v) is 2.68. The Kier molecular flexibility index (Phi) is 4.05. The third-order valence-corrected chi connectivity index (χ3v) is 4.11. The van der Waals surface area contributed by atoms with E-state index in [9.17, 15) is 9.18 Å². The number of halogens is 2. The summed E-state index contributed by atoms with van der Waals surface area (Å²) in [5.41, 5.74) is 1.99. The van der Waals surface area contributed by atoms with Crippen molar-refractivity contribution in [2.75, 3.05) is 11.9 Å². The topological polar surface area (TPSA) is 38.1 Å². The molecule has 0 N–H and O–H groups in total. The van der Waals surface area contributed by atoms with E-state index in [1.54, 1.807) is 7.05 Å². The number of hydrogen-bond donors (Lipinski definition) is 0. The van der Waals surface area contributed by atoms with Crippen LogP contribution in [0.5, 0.6) is 0 Å². The molecule has 0 aliphatic heterocycles. The minimum atomic E-state index is -0.783.